The third-order valence-corrected chi connectivity index (χ3v) is 4.75. The molecular formula is C22H24N4O3. The lowest BCUT2D eigenvalue weighted by Gasteiger charge is -2.16. The highest BCUT2D eigenvalue weighted by molar-refractivity contribution is 6.04. The van der Waals surface area contributed by atoms with E-state index < -0.39 is 0 Å². The molecule has 0 bridgehead atoms. The number of nitrogens with zero attached hydrogens (tertiary/aromatic N) is 2. The number of rotatable bonds is 6. The van der Waals surface area contributed by atoms with Crippen LogP contribution in [0.1, 0.15) is 49.3 Å². The van der Waals surface area contributed by atoms with Crippen molar-refractivity contribution in [3.05, 3.63) is 70.1 Å². The lowest BCUT2D eigenvalue weighted by molar-refractivity contribution is -0.115. The second-order valence-corrected chi connectivity index (χ2v) is 6.73. The van der Waals surface area contributed by atoms with Crippen molar-refractivity contribution in [2.75, 3.05) is 5.32 Å². The van der Waals surface area contributed by atoms with E-state index in [4.69, 9.17) is 0 Å². The summed E-state index contributed by atoms with van der Waals surface area (Å²) in [5, 5.41) is 11.0. The molecule has 7 nitrogen and oxygen atoms in total. The molecule has 7 heteroatoms. The van der Waals surface area contributed by atoms with Crippen LogP contribution in [0.25, 0.3) is 10.8 Å². The fraction of sp³-hybridized carbons (Fsp3) is 0.273. The number of carbonyl (C=O) groups excluding carboxylic acids is 2. The van der Waals surface area contributed by atoms with Crippen LogP contribution in [0.4, 0.5) is 5.69 Å². The number of hydrogen-bond acceptors (Lipinski definition) is 4. The maximum absolute atomic E-state index is 12.9. The molecule has 2 N–H and O–H groups in total. The molecule has 0 fully saturated rings. The summed E-state index contributed by atoms with van der Waals surface area (Å²) < 4.78 is 1.30. The van der Waals surface area contributed by atoms with Gasteiger partial charge in [0.1, 0.15) is 0 Å². The molecule has 0 aliphatic rings. The van der Waals surface area contributed by atoms with Gasteiger partial charge in [0.25, 0.3) is 11.5 Å². The summed E-state index contributed by atoms with van der Waals surface area (Å²) in [5.41, 5.74) is 1.61. The minimum atomic E-state index is -0.348. The monoisotopic (exact) mass is 392 g/mol. The number of fused-ring (bicyclic) bond motifs is 1. The number of carbonyl (C=O) groups is 2. The molecule has 1 unspecified atom stereocenters. The van der Waals surface area contributed by atoms with Crippen LogP contribution in [0, 0.1) is 0 Å². The largest absolute Gasteiger partial charge is 0.344 e. The average molecular weight is 392 g/mol. The predicted octanol–water partition coefficient (Wildman–Crippen LogP) is 3.26. The van der Waals surface area contributed by atoms with Crippen molar-refractivity contribution in [1.82, 2.24) is 15.1 Å². The first-order valence-electron chi connectivity index (χ1n) is 9.65. The lowest BCUT2D eigenvalue weighted by atomic mass is 10.1. The molecule has 150 valence electrons. The molecule has 29 heavy (non-hydrogen) atoms. The SMILES string of the molecule is CCC(=O)Nc1ccc(C(C)NC(=O)c2nn(CC)c(=O)c3ccccc23)cc1. The van der Waals surface area contributed by atoms with Crippen molar-refractivity contribution in [1.29, 1.82) is 0 Å². The summed E-state index contributed by atoms with van der Waals surface area (Å²) in [6, 6.07) is 14.0. The summed E-state index contributed by atoms with van der Waals surface area (Å²) in [6.07, 6.45) is 0.412. The normalized spacial score (nSPS) is 11.8. The highest BCUT2D eigenvalue weighted by atomic mass is 16.2. The number of amides is 2. The van der Waals surface area contributed by atoms with E-state index in [9.17, 15) is 14.4 Å². The van der Waals surface area contributed by atoms with Crippen molar-refractivity contribution < 1.29 is 9.59 Å². The van der Waals surface area contributed by atoms with Gasteiger partial charge in [0.2, 0.25) is 5.91 Å². The van der Waals surface area contributed by atoms with Crippen molar-refractivity contribution in [3.63, 3.8) is 0 Å². The van der Waals surface area contributed by atoms with Crippen molar-refractivity contribution >= 4 is 28.3 Å². The van der Waals surface area contributed by atoms with Crippen LogP contribution in [0.2, 0.25) is 0 Å². The second kappa shape index (κ2) is 8.68. The Morgan fingerprint density at radius 2 is 1.69 bits per heavy atom. The molecule has 0 radical (unpaired) electrons. The molecule has 0 saturated carbocycles. The standard InChI is InChI=1S/C22H24N4O3/c1-4-19(27)24-16-12-10-15(11-13-16)14(3)23-21(28)20-17-8-6-7-9-18(17)22(29)26(5-2)25-20/h6-14H,4-5H2,1-3H3,(H,23,28)(H,24,27). The van der Waals surface area contributed by atoms with Gasteiger partial charge in [0, 0.05) is 24.0 Å². The van der Waals surface area contributed by atoms with E-state index in [2.05, 4.69) is 15.7 Å². The highest BCUT2D eigenvalue weighted by Gasteiger charge is 2.18. The van der Waals surface area contributed by atoms with Crippen molar-refractivity contribution in [3.8, 4) is 0 Å². The smallest absolute Gasteiger partial charge is 0.274 e. The third-order valence-electron chi connectivity index (χ3n) is 4.75. The van der Waals surface area contributed by atoms with E-state index in [1.807, 2.05) is 26.0 Å². The van der Waals surface area contributed by atoms with Crippen LogP contribution in [-0.4, -0.2) is 21.6 Å². The summed E-state index contributed by atoms with van der Waals surface area (Å²) in [7, 11) is 0. The first-order chi connectivity index (χ1) is 13.9. The van der Waals surface area contributed by atoms with E-state index in [0.29, 0.717) is 29.4 Å². The number of aromatic nitrogens is 2. The van der Waals surface area contributed by atoms with E-state index in [1.54, 1.807) is 43.3 Å². The molecule has 3 aromatic rings. The zero-order valence-electron chi connectivity index (χ0n) is 16.7. The van der Waals surface area contributed by atoms with Gasteiger partial charge in [0.05, 0.1) is 11.4 Å². The van der Waals surface area contributed by atoms with Crippen LogP contribution in [-0.2, 0) is 11.3 Å². The minimum absolute atomic E-state index is 0.0527. The Morgan fingerprint density at radius 3 is 2.31 bits per heavy atom. The number of anilines is 1. The number of aryl methyl sites for hydroxylation is 1. The molecule has 0 aliphatic carbocycles. The first kappa shape index (κ1) is 20.3. The van der Waals surface area contributed by atoms with Crippen LogP contribution in [0.3, 0.4) is 0 Å². The number of nitrogens with one attached hydrogen (secondary N) is 2. The van der Waals surface area contributed by atoms with Gasteiger partial charge in [-0.2, -0.15) is 5.10 Å². The topological polar surface area (TPSA) is 93.1 Å². The first-order valence-corrected chi connectivity index (χ1v) is 9.65. The Hall–Kier alpha value is -3.48. The molecule has 1 atom stereocenters. The van der Waals surface area contributed by atoms with Gasteiger partial charge in [-0.15, -0.1) is 0 Å². The molecule has 1 heterocycles. The Labute approximate surface area is 168 Å². The average Bonchev–Trinajstić information content (AvgIpc) is 2.74. The van der Waals surface area contributed by atoms with Crippen LogP contribution < -0.4 is 16.2 Å². The van der Waals surface area contributed by atoms with E-state index in [-0.39, 0.29) is 29.1 Å². The predicted molar refractivity (Wildman–Crippen MR) is 113 cm³/mol. The molecule has 3 rings (SSSR count). The second-order valence-electron chi connectivity index (χ2n) is 6.73. The quantitative estimate of drug-likeness (QED) is 0.673. The lowest BCUT2D eigenvalue weighted by Crippen LogP contribution is -2.31. The summed E-state index contributed by atoms with van der Waals surface area (Å²) >= 11 is 0. The van der Waals surface area contributed by atoms with Gasteiger partial charge in [-0.3, -0.25) is 14.4 Å². The van der Waals surface area contributed by atoms with Gasteiger partial charge in [-0.25, -0.2) is 4.68 Å². The summed E-state index contributed by atoms with van der Waals surface area (Å²) in [5.74, 6) is -0.401. The summed E-state index contributed by atoms with van der Waals surface area (Å²) in [4.78, 5) is 36.9. The van der Waals surface area contributed by atoms with Crippen LogP contribution >= 0.6 is 0 Å². The molecular weight excluding hydrogens is 368 g/mol. The van der Waals surface area contributed by atoms with E-state index >= 15 is 0 Å². The highest BCUT2D eigenvalue weighted by Crippen LogP contribution is 2.18. The van der Waals surface area contributed by atoms with Gasteiger partial charge < -0.3 is 10.6 Å². The van der Waals surface area contributed by atoms with Crippen LogP contribution in [0.5, 0.6) is 0 Å². The maximum Gasteiger partial charge on any atom is 0.274 e. The molecule has 0 saturated heterocycles. The molecule has 2 aromatic carbocycles. The zero-order valence-corrected chi connectivity index (χ0v) is 16.7. The van der Waals surface area contributed by atoms with E-state index in [0.717, 1.165) is 5.56 Å². The molecule has 0 aliphatic heterocycles. The zero-order chi connectivity index (χ0) is 21.0. The van der Waals surface area contributed by atoms with Gasteiger partial charge in [0.15, 0.2) is 5.69 Å². The maximum atomic E-state index is 12.9. The fourth-order valence-electron chi connectivity index (χ4n) is 3.07. The van der Waals surface area contributed by atoms with Crippen molar-refractivity contribution in [2.45, 2.75) is 39.8 Å². The Morgan fingerprint density at radius 1 is 1.03 bits per heavy atom. The van der Waals surface area contributed by atoms with Crippen LogP contribution in [0.15, 0.2) is 53.3 Å². The molecule has 1 aromatic heterocycles. The number of hydrogen-bond donors (Lipinski definition) is 2. The molecule has 2 amide bonds. The van der Waals surface area contributed by atoms with Gasteiger partial charge >= 0.3 is 0 Å². The number of benzene rings is 2. The van der Waals surface area contributed by atoms with Gasteiger partial charge in [-0.05, 0) is 37.6 Å². The fourth-order valence-corrected chi connectivity index (χ4v) is 3.07. The Kier molecular flexibility index (Phi) is 6.07. The third kappa shape index (κ3) is 4.34. The Balaban J connectivity index is 1.84. The summed E-state index contributed by atoms with van der Waals surface area (Å²) in [6.45, 7) is 5.85. The van der Waals surface area contributed by atoms with Crippen molar-refractivity contribution in [2.24, 2.45) is 0 Å². The Bertz CT molecular complexity index is 1100. The molecule has 0 spiro atoms. The van der Waals surface area contributed by atoms with Gasteiger partial charge in [-0.1, -0.05) is 37.3 Å². The minimum Gasteiger partial charge on any atom is -0.344 e. The van der Waals surface area contributed by atoms with E-state index in [1.165, 1.54) is 4.68 Å².